The molecule has 1 saturated carbocycles. The van der Waals surface area contributed by atoms with Crippen molar-refractivity contribution < 1.29 is 14.4 Å². The fourth-order valence-corrected chi connectivity index (χ4v) is 4.38. The topological polar surface area (TPSA) is 92.5 Å². The molecule has 6 heteroatoms. The molecule has 28 heavy (non-hydrogen) atoms. The van der Waals surface area contributed by atoms with E-state index in [0.717, 1.165) is 51.4 Å². The lowest BCUT2D eigenvalue weighted by atomic mass is 9.78. The Kier molecular flexibility index (Phi) is 7.20. The van der Waals surface area contributed by atoms with Gasteiger partial charge in [0.1, 0.15) is 0 Å². The summed E-state index contributed by atoms with van der Waals surface area (Å²) in [6.07, 6.45) is 7.91. The highest BCUT2D eigenvalue weighted by atomic mass is 16.2. The zero-order valence-corrected chi connectivity index (χ0v) is 16.5. The molecule has 0 saturated heterocycles. The number of nitrogens with two attached hydrogens (primary N) is 1. The van der Waals surface area contributed by atoms with Gasteiger partial charge in [0.2, 0.25) is 5.91 Å². The van der Waals surface area contributed by atoms with E-state index in [1.54, 1.807) is 24.3 Å². The number of hydrogen-bond donors (Lipinski definition) is 2. The number of amides is 3. The summed E-state index contributed by atoms with van der Waals surface area (Å²) in [5, 5.41) is 3.07. The van der Waals surface area contributed by atoms with Crippen molar-refractivity contribution in [3.05, 3.63) is 35.4 Å². The number of imide groups is 1. The van der Waals surface area contributed by atoms with Crippen LogP contribution in [-0.4, -0.2) is 42.3 Å². The van der Waals surface area contributed by atoms with Crippen LogP contribution in [0.5, 0.6) is 0 Å². The Morgan fingerprint density at radius 1 is 1.00 bits per heavy atom. The van der Waals surface area contributed by atoms with Crippen molar-refractivity contribution in [3.63, 3.8) is 0 Å². The quantitative estimate of drug-likeness (QED) is 0.505. The van der Waals surface area contributed by atoms with Gasteiger partial charge in [0.15, 0.2) is 0 Å². The van der Waals surface area contributed by atoms with Crippen LogP contribution >= 0.6 is 0 Å². The minimum Gasteiger partial charge on any atom is -0.356 e. The smallest absolute Gasteiger partial charge is 0.261 e. The van der Waals surface area contributed by atoms with Crippen LogP contribution in [0.1, 0.15) is 72.1 Å². The van der Waals surface area contributed by atoms with Crippen LogP contribution < -0.4 is 11.1 Å². The summed E-state index contributed by atoms with van der Waals surface area (Å²) in [6, 6.07) is 6.95. The molecule has 2 aliphatic rings. The predicted octanol–water partition coefficient (Wildman–Crippen LogP) is 2.72. The van der Waals surface area contributed by atoms with E-state index in [0.29, 0.717) is 30.8 Å². The fraction of sp³-hybridized carbons (Fsp3) is 0.591. The van der Waals surface area contributed by atoms with Crippen molar-refractivity contribution in [1.29, 1.82) is 0 Å². The summed E-state index contributed by atoms with van der Waals surface area (Å²) in [5.41, 5.74) is 6.44. The second kappa shape index (κ2) is 9.82. The first-order chi connectivity index (χ1) is 13.6. The molecule has 0 radical (unpaired) electrons. The lowest BCUT2D eigenvalue weighted by Crippen LogP contribution is -2.43. The molecule has 1 aromatic carbocycles. The second-order valence-corrected chi connectivity index (χ2v) is 7.91. The summed E-state index contributed by atoms with van der Waals surface area (Å²) >= 11 is 0. The van der Waals surface area contributed by atoms with Gasteiger partial charge in [-0.05, 0) is 50.3 Å². The van der Waals surface area contributed by atoms with Crippen molar-refractivity contribution in [2.24, 2.45) is 17.6 Å². The Labute approximate surface area is 166 Å². The number of benzene rings is 1. The molecule has 1 heterocycles. The first-order valence-electron chi connectivity index (χ1n) is 10.6. The van der Waals surface area contributed by atoms with Gasteiger partial charge < -0.3 is 11.1 Å². The number of carbonyl (C=O) groups is 3. The number of nitrogens with one attached hydrogen (secondary N) is 1. The van der Waals surface area contributed by atoms with Gasteiger partial charge in [-0.1, -0.05) is 37.8 Å². The van der Waals surface area contributed by atoms with Gasteiger partial charge in [-0.25, -0.2) is 0 Å². The SMILES string of the molecule is NCCCCCCNC(=O)C1CCCCC1CN1C(=O)c2ccccc2C1=O. The van der Waals surface area contributed by atoms with Crippen LogP contribution in [0.25, 0.3) is 0 Å². The van der Waals surface area contributed by atoms with E-state index in [9.17, 15) is 14.4 Å². The summed E-state index contributed by atoms with van der Waals surface area (Å²) < 4.78 is 0. The molecule has 0 spiro atoms. The molecule has 3 N–H and O–H groups in total. The lowest BCUT2D eigenvalue weighted by Gasteiger charge is -2.32. The normalized spacial score (nSPS) is 21.7. The largest absolute Gasteiger partial charge is 0.356 e. The van der Waals surface area contributed by atoms with Gasteiger partial charge in [0.05, 0.1) is 11.1 Å². The lowest BCUT2D eigenvalue weighted by molar-refractivity contribution is -0.128. The number of nitrogens with zero attached hydrogens (tertiary/aromatic N) is 1. The Morgan fingerprint density at radius 3 is 2.32 bits per heavy atom. The molecule has 3 amide bonds. The highest BCUT2D eigenvalue weighted by Crippen LogP contribution is 2.33. The molecular formula is C22H31N3O3. The minimum absolute atomic E-state index is 0.0354. The van der Waals surface area contributed by atoms with Gasteiger partial charge in [-0.15, -0.1) is 0 Å². The molecule has 3 rings (SSSR count). The van der Waals surface area contributed by atoms with Crippen LogP contribution in [-0.2, 0) is 4.79 Å². The zero-order chi connectivity index (χ0) is 19.9. The molecule has 6 nitrogen and oxygen atoms in total. The van der Waals surface area contributed by atoms with Gasteiger partial charge >= 0.3 is 0 Å². The third-order valence-corrected chi connectivity index (χ3v) is 5.97. The number of rotatable bonds is 9. The number of carbonyl (C=O) groups excluding carboxylic acids is 3. The highest BCUT2D eigenvalue weighted by Gasteiger charge is 2.39. The molecular weight excluding hydrogens is 354 g/mol. The fourth-order valence-electron chi connectivity index (χ4n) is 4.38. The molecule has 2 atom stereocenters. The van der Waals surface area contributed by atoms with Crippen molar-refractivity contribution in [2.75, 3.05) is 19.6 Å². The standard InChI is InChI=1S/C22H31N3O3/c23-13-7-1-2-8-14-24-20(26)17-10-4-3-9-16(17)15-25-21(27)18-11-5-6-12-19(18)22(25)28/h5-6,11-12,16-17H,1-4,7-10,13-15,23H2,(H,24,26). The van der Waals surface area contributed by atoms with Crippen LogP contribution in [0.15, 0.2) is 24.3 Å². The van der Waals surface area contributed by atoms with Crippen molar-refractivity contribution >= 4 is 17.7 Å². The minimum atomic E-state index is -0.231. The van der Waals surface area contributed by atoms with Crippen molar-refractivity contribution in [1.82, 2.24) is 10.2 Å². The molecule has 1 fully saturated rings. The van der Waals surface area contributed by atoms with E-state index in [4.69, 9.17) is 5.73 Å². The molecule has 1 aliphatic carbocycles. The van der Waals surface area contributed by atoms with Gasteiger partial charge in [-0.3, -0.25) is 19.3 Å². The van der Waals surface area contributed by atoms with Crippen LogP contribution in [0.4, 0.5) is 0 Å². The Morgan fingerprint density at radius 2 is 1.64 bits per heavy atom. The van der Waals surface area contributed by atoms with Gasteiger partial charge in [0, 0.05) is 19.0 Å². The van der Waals surface area contributed by atoms with Crippen LogP contribution in [0.3, 0.4) is 0 Å². The Balaban J connectivity index is 1.56. The summed E-state index contributed by atoms with van der Waals surface area (Å²) in [5.74, 6) is -0.481. The second-order valence-electron chi connectivity index (χ2n) is 7.91. The maximum atomic E-state index is 12.7. The maximum Gasteiger partial charge on any atom is 0.261 e. The molecule has 152 valence electrons. The van der Waals surface area contributed by atoms with Crippen LogP contribution in [0.2, 0.25) is 0 Å². The molecule has 1 aromatic rings. The van der Waals surface area contributed by atoms with Crippen molar-refractivity contribution in [2.45, 2.75) is 51.4 Å². The van der Waals surface area contributed by atoms with E-state index in [-0.39, 0.29) is 29.6 Å². The third kappa shape index (κ3) is 4.61. The van der Waals surface area contributed by atoms with E-state index in [1.807, 2.05) is 0 Å². The van der Waals surface area contributed by atoms with Gasteiger partial charge in [-0.2, -0.15) is 0 Å². The Hall–Kier alpha value is -2.21. The summed E-state index contributed by atoms with van der Waals surface area (Å²) in [6.45, 7) is 1.73. The maximum absolute atomic E-state index is 12.7. The zero-order valence-electron chi connectivity index (χ0n) is 16.5. The summed E-state index contributed by atoms with van der Waals surface area (Å²) in [7, 11) is 0. The highest BCUT2D eigenvalue weighted by molar-refractivity contribution is 6.21. The van der Waals surface area contributed by atoms with E-state index in [1.165, 1.54) is 4.90 Å². The van der Waals surface area contributed by atoms with Crippen LogP contribution in [0, 0.1) is 11.8 Å². The first-order valence-corrected chi connectivity index (χ1v) is 10.6. The van der Waals surface area contributed by atoms with E-state index >= 15 is 0 Å². The average molecular weight is 386 g/mol. The summed E-state index contributed by atoms with van der Waals surface area (Å²) in [4.78, 5) is 39.4. The number of unbranched alkanes of at least 4 members (excludes halogenated alkanes) is 3. The molecule has 0 bridgehead atoms. The van der Waals surface area contributed by atoms with E-state index < -0.39 is 0 Å². The number of hydrogen-bond acceptors (Lipinski definition) is 4. The third-order valence-electron chi connectivity index (χ3n) is 5.97. The van der Waals surface area contributed by atoms with Gasteiger partial charge in [0.25, 0.3) is 11.8 Å². The Bertz CT molecular complexity index is 684. The molecule has 2 unspecified atom stereocenters. The predicted molar refractivity (Wildman–Crippen MR) is 108 cm³/mol. The monoisotopic (exact) mass is 385 g/mol. The number of fused-ring (bicyclic) bond motifs is 1. The van der Waals surface area contributed by atoms with E-state index in [2.05, 4.69) is 5.32 Å². The molecule has 0 aromatic heterocycles. The average Bonchev–Trinajstić information content (AvgIpc) is 2.96. The first kappa shape index (κ1) is 20.5. The van der Waals surface area contributed by atoms with Crippen molar-refractivity contribution in [3.8, 4) is 0 Å². The molecule has 1 aliphatic heterocycles.